The van der Waals surface area contributed by atoms with Crippen LogP contribution in [0, 0.1) is 6.92 Å². The number of aryl methyl sites for hydroxylation is 1. The molecule has 1 aliphatic rings. The lowest BCUT2D eigenvalue weighted by Crippen LogP contribution is -2.46. The Morgan fingerprint density at radius 3 is 2.48 bits per heavy atom. The minimum absolute atomic E-state index is 0.0340. The summed E-state index contributed by atoms with van der Waals surface area (Å²) < 4.78 is 0. The van der Waals surface area contributed by atoms with Crippen molar-refractivity contribution in [1.82, 2.24) is 10.2 Å². The van der Waals surface area contributed by atoms with E-state index in [1.807, 2.05) is 31.2 Å². The molecule has 1 aliphatic carbocycles. The first-order chi connectivity index (χ1) is 11.9. The second kappa shape index (κ2) is 8.50. The number of nitrogens with two attached hydrogens (primary N) is 2. The topological polar surface area (TPSA) is 119 Å². The number of hydrogen-bond donors (Lipinski definition) is 3. The van der Waals surface area contributed by atoms with E-state index >= 15 is 0 Å². The second-order valence-corrected chi connectivity index (χ2v) is 6.61. The fraction of sp³-hybridized carbons (Fsp3) is 0.500. The number of nitrogens with one attached hydrogen (secondary N) is 1. The average Bonchev–Trinajstić information content (AvgIpc) is 3.05. The average molecular weight is 346 g/mol. The van der Waals surface area contributed by atoms with Crippen LogP contribution in [0.3, 0.4) is 0 Å². The van der Waals surface area contributed by atoms with Crippen molar-refractivity contribution < 1.29 is 14.4 Å². The summed E-state index contributed by atoms with van der Waals surface area (Å²) in [7, 11) is 0. The molecule has 0 aromatic heterocycles. The highest BCUT2D eigenvalue weighted by Gasteiger charge is 2.30. The molecule has 1 fully saturated rings. The zero-order valence-corrected chi connectivity index (χ0v) is 14.5. The quantitative estimate of drug-likeness (QED) is 0.691. The molecule has 0 saturated heterocycles. The molecule has 2 rings (SSSR count). The van der Waals surface area contributed by atoms with Crippen LogP contribution in [0.15, 0.2) is 24.3 Å². The number of rotatable bonds is 7. The maximum atomic E-state index is 12.8. The van der Waals surface area contributed by atoms with E-state index in [0.29, 0.717) is 0 Å². The smallest absolute Gasteiger partial charge is 0.312 e. The highest BCUT2D eigenvalue weighted by atomic mass is 16.2. The zero-order valence-electron chi connectivity index (χ0n) is 14.5. The summed E-state index contributed by atoms with van der Waals surface area (Å²) in [5.74, 6) is -0.735. The molecule has 7 nitrogen and oxygen atoms in total. The van der Waals surface area contributed by atoms with Crippen molar-refractivity contribution in [3.63, 3.8) is 0 Å². The molecule has 1 aromatic carbocycles. The molecule has 0 unspecified atom stereocenters. The molecule has 7 heteroatoms. The van der Waals surface area contributed by atoms with Crippen molar-refractivity contribution in [2.75, 3.05) is 6.54 Å². The fourth-order valence-corrected chi connectivity index (χ4v) is 3.41. The van der Waals surface area contributed by atoms with Gasteiger partial charge in [0.2, 0.25) is 11.8 Å². The number of carbonyl (C=O) groups excluding carboxylic acids is 3. The van der Waals surface area contributed by atoms with Crippen LogP contribution in [-0.4, -0.2) is 35.3 Å². The molecular weight excluding hydrogens is 320 g/mol. The number of urea groups is 1. The van der Waals surface area contributed by atoms with Crippen LogP contribution in [0.1, 0.15) is 49.3 Å². The van der Waals surface area contributed by atoms with Gasteiger partial charge in [-0.3, -0.25) is 9.59 Å². The number of benzene rings is 1. The van der Waals surface area contributed by atoms with Gasteiger partial charge in [-0.15, -0.1) is 0 Å². The van der Waals surface area contributed by atoms with E-state index in [-0.39, 0.29) is 24.9 Å². The molecule has 4 amide bonds. The van der Waals surface area contributed by atoms with Crippen LogP contribution in [-0.2, 0) is 9.59 Å². The van der Waals surface area contributed by atoms with Gasteiger partial charge in [0.15, 0.2) is 0 Å². The summed E-state index contributed by atoms with van der Waals surface area (Å²) in [4.78, 5) is 37.2. The fourth-order valence-electron chi connectivity index (χ4n) is 3.41. The van der Waals surface area contributed by atoms with Crippen molar-refractivity contribution in [2.24, 2.45) is 11.5 Å². The van der Waals surface area contributed by atoms with Crippen molar-refractivity contribution in [3.8, 4) is 0 Å². The molecule has 25 heavy (non-hydrogen) atoms. The van der Waals surface area contributed by atoms with Gasteiger partial charge in [0.25, 0.3) is 0 Å². The van der Waals surface area contributed by atoms with Crippen molar-refractivity contribution in [3.05, 3.63) is 35.4 Å². The number of amides is 4. The SMILES string of the molecule is Cc1cccc([C@H](CC(=O)N(CC(N)=O)C2CCCC2)NC(N)=O)c1. The first kappa shape index (κ1) is 18.8. The molecule has 5 N–H and O–H groups in total. The number of hydrogen-bond acceptors (Lipinski definition) is 3. The Hall–Kier alpha value is -2.57. The van der Waals surface area contributed by atoms with Gasteiger partial charge in [-0.1, -0.05) is 42.7 Å². The van der Waals surface area contributed by atoms with E-state index < -0.39 is 18.0 Å². The molecule has 0 spiro atoms. The molecule has 1 aromatic rings. The van der Waals surface area contributed by atoms with Gasteiger partial charge in [0, 0.05) is 6.04 Å². The summed E-state index contributed by atoms with van der Waals surface area (Å²) in [6.45, 7) is 1.84. The van der Waals surface area contributed by atoms with Crippen LogP contribution in [0.5, 0.6) is 0 Å². The van der Waals surface area contributed by atoms with Gasteiger partial charge >= 0.3 is 6.03 Å². The maximum absolute atomic E-state index is 12.8. The summed E-state index contributed by atoms with van der Waals surface area (Å²) >= 11 is 0. The highest BCUT2D eigenvalue weighted by molar-refractivity contribution is 5.85. The molecule has 0 aliphatic heterocycles. The third-order valence-electron chi connectivity index (χ3n) is 4.55. The predicted molar refractivity (Wildman–Crippen MR) is 94.4 cm³/mol. The molecule has 0 bridgehead atoms. The molecule has 0 radical (unpaired) electrons. The Balaban J connectivity index is 2.18. The Kier molecular flexibility index (Phi) is 6.38. The summed E-state index contributed by atoms with van der Waals surface area (Å²) in [5, 5.41) is 2.63. The van der Waals surface area contributed by atoms with Crippen LogP contribution >= 0.6 is 0 Å². The minimum atomic E-state index is -0.693. The van der Waals surface area contributed by atoms with Crippen LogP contribution in [0.25, 0.3) is 0 Å². The number of nitrogens with zero attached hydrogens (tertiary/aromatic N) is 1. The second-order valence-electron chi connectivity index (χ2n) is 6.61. The highest BCUT2D eigenvalue weighted by Crippen LogP contribution is 2.26. The molecule has 1 atom stereocenters. The van der Waals surface area contributed by atoms with Crippen LogP contribution < -0.4 is 16.8 Å². The van der Waals surface area contributed by atoms with E-state index in [1.165, 1.54) is 0 Å². The van der Waals surface area contributed by atoms with E-state index in [0.717, 1.165) is 36.8 Å². The van der Waals surface area contributed by atoms with E-state index in [9.17, 15) is 14.4 Å². The standard InChI is InChI=1S/C18H26N4O3/c1-12-5-4-6-13(9-12)15(21-18(20)25)10-17(24)22(11-16(19)23)14-7-2-3-8-14/h4-6,9,14-15H,2-3,7-8,10-11H2,1H3,(H2,19,23)(H3,20,21,25)/t15-/m0/s1. The first-order valence-electron chi connectivity index (χ1n) is 8.57. The maximum Gasteiger partial charge on any atom is 0.312 e. The monoisotopic (exact) mass is 346 g/mol. The third-order valence-corrected chi connectivity index (χ3v) is 4.55. The summed E-state index contributed by atoms with van der Waals surface area (Å²) in [6.07, 6.45) is 3.85. The predicted octanol–water partition coefficient (Wildman–Crippen LogP) is 1.35. The van der Waals surface area contributed by atoms with Gasteiger partial charge in [0.05, 0.1) is 19.0 Å². The molecule has 0 heterocycles. The Labute approximate surface area is 147 Å². The van der Waals surface area contributed by atoms with Crippen LogP contribution in [0.2, 0.25) is 0 Å². The number of carbonyl (C=O) groups is 3. The zero-order chi connectivity index (χ0) is 18.4. The van der Waals surface area contributed by atoms with Gasteiger partial charge in [0.1, 0.15) is 0 Å². The molecular formula is C18H26N4O3. The summed E-state index contributed by atoms with van der Waals surface area (Å²) in [5.41, 5.74) is 12.4. The lowest BCUT2D eigenvalue weighted by molar-refractivity contribution is -0.137. The number of primary amides is 2. The van der Waals surface area contributed by atoms with Crippen LogP contribution in [0.4, 0.5) is 4.79 Å². The normalized spacial score (nSPS) is 15.6. The molecule has 1 saturated carbocycles. The molecule has 136 valence electrons. The first-order valence-corrected chi connectivity index (χ1v) is 8.57. The van der Waals surface area contributed by atoms with Gasteiger partial charge < -0.3 is 21.7 Å². The van der Waals surface area contributed by atoms with Crippen molar-refractivity contribution in [2.45, 2.75) is 51.1 Å². The third kappa shape index (κ3) is 5.48. The van der Waals surface area contributed by atoms with E-state index in [4.69, 9.17) is 11.5 Å². The Morgan fingerprint density at radius 1 is 1.24 bits per heavy atom. The van der Waals surface area contributed by atoms with Crippen molar-refractivity contribution in [1.29, 1.82) is 0 Å². The van der Waals surface area contributed by atoms with Gasteiger partial charge in [-0.2, -0.15) is 0 Å². The van der Waals surface area contributed by atoms with Crippen molar-refractivity contribution >= 4 is 17.8 Å². The Bertz CT molecular complexity index is 641. The largest absolute Gasteiger partial charge is 0.368 e. The Morgan fingerprint density at radius 2 is 1.92 bits per heavy atom. The van der Waals surface area contributed by atoms with Gasteiger partial charge in [-0.05, 0) is 25.3 Å². The summed E-state index contributed by atoms with van der Waals surface area (Å²) in [6, 6.07) is 6.35. The lowest BCUT2D eigenvalue weighted by atomic mass is 10.0. The van der Waals surface area contributed by atoms with E-state index in [2.05, 4.69) is 5.32 Å². The van der Waals surface area contributed by atoms with Gasteiger partial charge in [-0.25, -0.2) is 4.79 Å². The minimum Gasteiger partial charge on any atom is -0.368 e. The lowest BCUT2D eigenvalue weighted by Gasteiger charge is -2.29. The van der Waals surface area contributed by atoms with E-state index in [1.54, 1.807) is 4.90 Å².